The first-order valence-corrected chi connectivity index (χ1v) is 7.47. The zero-order valence-electron chi connectivity index (χ0n) is 12.2. The Labute approximate surface area is 129 Å². The molecule has 0 bridgehead atoms. The maximum absolute atomic E-state index is 12.6. The van der Waals surface area contributed by atoms with Crippen molar-refractivity contribution in [2.75, 3.05) is 6.61 Å². The molecule has 0 spiro atoms. The molecule has 0 saturated heterocycles. The molecule has 1 aliphatic rings. The Bertz CT molecular complexity index is 719. The minimum absolute atomic E-state index is 0.104. The van der Waals surface area contributed by atoms with Gasteiger partial charge in [-0.05, 0) is 37.1 Å². The maximum atomic E-state index is 12.6. The van der Waals surface area contributed by atoms with E-state index in [9.17, 15) is 4.79 Å². The average Bonchev–Trinajstić information content (AvgIpc) is 2.86. The van der Waals surface area contributed by atoms with Gasteiger partial charge in [-0.15, -0.1) is 0 Å². The Morgan fingerprint density at radius 2 is 2.05 bits per heavy atom. The second-order valence-electron chi connectivity index (χ2n) is 5.57. The van der Waals surface area contributed by atoms with E-state index in [1.54, 1.807) is 0 Å². The minimum atomic E-state index is 0.104. The van der Waals surface area contributed by atoms with Crippen LogP contribution in [0.2, 0.25) is 5.02 Å². The normalized spacial score (nSPS) is 12.9. The number of Topliss-reactive ketones (excluding diaryl/α,β-unsaturated/α-hetero) is 1. The summed E-state index contributed by atoms with van der Waals surface area (Å²) >= 11 is 6.14. The summed E-state index contributed by atoms with van der Waals surface area (Å²) in [6.45, 7) is 4.67. The van der Waals surface area contributed by atoms with Gasteiger partial charge in [0.15, 0.2) is 5.78 Å². The summed E-state index contributed by atoms with van der Waals surface area (Å²) in [4.78, 5) is 12.6. The number of fused-ring (bicyclic) bond motifs is 1. The van der Waals surface area contributed by atoms with Gasteiger partial charge in [-0.1, -0.05) is 35.4 Å². The van der Waals surface area contributed by atoms with Gasteiger partial charge in [0.25, 0.3) is 0 Å². The Balaban J connectivity index is 1.92. The largest absolute Gasteiger partial charge is 0.493 e. The van der Waals surface area contributed by atoms with Crippen LogP contribution in [-0.2, 0) is 12.8 Å². The molecule has 0 radical (unpaired) electrons. The van der Waals surface area contributed by atoms with E-state index in [1.807, 2.05) is 44.2 Å². The molecule has 1 aliphatic heterocycles. The van der Waals surface area contributed by atoms with Gasteiger partial charge in [-0.3, -0.25) is 4.79 Å². The number of carbonyl (C=O) groups excluding carboxylic acids is 1. The van der Waals surface area contributed by atoms with E-state index in [0.29, 0.717) is 18.1 Å². The van der Waals surface area contributed by atoms with Crippen LogP contribution in [-0.4, -0.2) is 12.4 Å². The fourth-order valence-corrected chi connectivity index (χ4v) is 3.14. The molecule has 0 N–H and O–H groups in total. The highest BCUT2D eigenvalue weighted by molar-refractivity contribution is 6.30. The number of ether oxygens (including phenoxy) is 1. The third kappa shape index (κ3) is 2.81. The molecule has 2 aromatic carbocycles. The molecule has 108 valence electrons. The van der Waals surface area contributed by atoms with E-state index in [1.165, 1.54) is 0 Å². The highest BCUT2D eigenvalue weighted by Crippen LogP contribution is 2.33. The van der Waals surface area contributed by atoms with Crippen molar-refractivity contribution in [2.45, 2.75) is 26.7 Å². The standard InChI is InChI=1S/C18H17ClO2/c1-11-3-4-16(12(2)7-11)17(20)10-14-9-15(19)8-13-5-6-21-18(13)14/h3-4,7-9H,5-6,10H2,1-2H3. The van der Waals surface area contributed by atoms with Crippen LogP contribution in [0.15, 0.2) is 30.3 Å². The third-order valence-corrected chi connectivity index (χ3v) is 4.08. The van der Waals surface area contributed by atoms with Crippen LogP contribution in [0.5, 0.6) is 5.75 Å². The molecule has 0 unspecified atom stereocenters. The summed E-state index contributed by atoms with van der Waals surface area (Å²) in [6, 6.07) is 9.67. The molecule has 0 aliphatic carbocycles. The zero-order chi connectivity index (χ0) is 15.0. The summed E-state index contributed by atoms with van der Waals surface area (Å²) in [5, 5.41) is 0.669. The molecular weight excluding hydrogens is 284 g/mol. The SMILES string of the molecule is Cc1ccc(C(=O)Cc2cc(Cl)cc3c2OCC3)c(C)c1. The second-order valence-corrected chi connectivity index (χ2v) is 6.01. The summed E-state index contributed by atoms with van der Waals surface area (Å²) in [5.41, 5.74) is 4.94. The summed E-state index contributed by atoms with van der Waals surface area (Å²) in [7, 11) is 0. The molecule has 3 rings (SSSR count). The van der Waals surface area contributed by atoms with Gasteiger partial charge in [0.1, 0.15) is 5.75 Å². The first-order valence-electron chi connectivity index (χ1n) is 7.09. The highest BCUT2D eigenvalue weighted by Gasteiger charge is 2.20. The molecule has 1 heterocycles. The lowest BCUT2D eigenvalue weighted by Gasteiger charge is -2.10. The fraction of sp³-hybridized carbons (Fsp3) is 0.278. The molecule has 3 heteroatoms. The van der Waals surface area contributed by atoms with Gasteiger partial charge >= 0.3 is 0 Å². The lowest BCUT2D eigenvalue weighted by Crippen LogP contribution is -2.07. The predicted molar refractivity (Wildman–Crippen MR) is 84.6 cm³/mol. The monoisotopic (exact) mass is 300 g/mol. The molecule has 0 aromatic heterocycles. The quantitative estimate of drug-likeness (QED) is 0.789. The molecular formula is C18H17ClO2. The molecule has 0 amide bonds. The van der Waals surface area contributed by atoms with Crippen molar-refractivity contribution in [2.24, 2.45) is 0 Å². The smallest absolute Gasteiger partial charge is 0.167 e. The third-order valence-electron chi connectivity index (χ3n) is 3.86. The minimum Gasteiger partial charge on any atom is -0.493 e. The highest BCUT2D eigenvalue weighted by atomic mass is 35.5. The van der Waals surface area contributed by atoms with Crippen molar-refractivity contribution < 1.29 is 9.53 Å². The first kappa shape index (κ1) is 14.2. The number of rotatable bonds is 3. The van der Waals surface area contributed by atoms with Crippen molar-refractivity contribution in [3.63, 3.8) is 0 Å². The molecule has 0 saturated carbocycles. The fourth-order valence-electron chi connectivity index (χ4n) is 2.87. The van der Waals surface area contributed by atoms with Gasteiger partial charge in [0.2, 0.25) is 0 Å². The van der Waals surface area contributed by atoms with E-state index >= 15 is 0 Å². The summed E-state index contributed by atoms with van der Waals surface area (Å²) in [6.07, 6.45) is 1.19. The topological polar surface area (TPSA) is 26.3 Å². The van der Waals surface area contributed by atoms with Gasteiger partial charge in [-0.2, -0.15) is 0 Å². The van der Waals surface area contributed by atoms with Crippen molar-refractivity contribution in [3.05, 3.63) is 63.2 Å². The van der Waals surface area contributed by atoms with Crippen LogP contribution < -0.4 is 4.74 Å². The van der Waals surface area contributed by atoms with Crippen LogP contribution in [0.25, 0.3) is 0 Å². The zero-order valence-corrected chi connectivity index (χ0v) is 13.0. The van der Waals surface area contributed by atoms with Crippen LogP contribution in [0.1, 0.15) is 32.6 Å². The van der Waals surface area contributed by atoms with E-state index in [-0.39, 0.29) is 5.78 Å². The maximum Gasteiger partial charge on any atom is 0.167 e. The second kappa shape index (κ2) is 5.53. The lowest BCUT2D eigenvalue weighted by atomic mass is 9.96. The van der Waals surface area contributed by atoms with Gasteiger partial charge < -0.3 is 4.74 Å². The molecule has 0 atom stereocenters. The number of halogens is 1. The Morgan fingerprint density at radius 1 is 1.24 bits per heavy atom. The van der Waals surface area contributed by atoms with Crippen LogP contribution in [0.4, 0.5) is 0 Å². The van der Waals surface area contributed by atoms with E-state index in [0.717, 1.165) is 40.0 Å². The molecule has 2 nitrogen and oxygen atoms in total. The van der Waals surface area contributed by atoms with Gasteiger partial charge in [0.05, 0.1) is 6.61 Å². The molecule has 2 aromatic rings. The summed E-state index contributed by atoms with van der Waals surface area (Å²) < 4.78 is 5.66. The van der Waals surface area contributed by atoms with Crippen LogP contribution in [0, 0.1) is 13.8 Å². The lowest BCUT2D eigenvalue weighted by molar-refractivity contribution is 0.0991. The van der Waals surface area contributed by atoms with Crippen molar-refractivity contribution in [3.8, 4) is 5.75 Å². The van der Waals surface area contributed by atoms with E-state index in [2.05, 4.69) is 0 Å². The van der Waals surface area contributed by atoms with E-state index in [4.69, 9.17) is 16.3 Å². The Hall–Kier alpha value is -1.80. The summed E-state index contributed by atoms with van der Waals surface area (Å²) in [5.74, 6) is 0.949. The predicted octanol–water partition coefficient (Wildman–Crippen LogP) is 4.32. The Kier molecular flexibility index (Phi) is 3.73. The first-order chi connectivity index (χ1) is 10.0. The van der Waals surface area contributed by atoms with Crippen molar-refractivity contribution in [1.29, 1.82) is 0 Å². The molecule has 21 heavy (non-hydrogen) atoms. The Morgan fingerprint density at radius 3 is 2.81 bits per heavy atom. The number of aryl methyl sites for hydroxylation is 2. The average molecular weight is 301 g/mol. The van der Waals surface area contributed by atoms with Crippen LogP contribution >= 0.6 is 11.6 Å². The molecule has 0 fully saturated rings. The number of hydrogen-bond acceptors (Lipinski definition) is 2. The van der Waals surface area contributed by atoms with Crippen LogP contribution in [0.3, 0.4) is 0 Å². The van der Waals surface area contributed by atoms with E-state index < -0.39 is 0 Å². The van der Waals surface area contributed by atoms with Crippen molar-refractivity contribution in [1.82, 2.24) is 0 Å². The van der Waals surface area contributed by atoms with Crippen molar-refractivity contribution >= 4 is 17.4 Å². The number of hydrogen-bond donors (Lipinski definition) is 0. The number of ketones is 1. The van der Waals surface area contributed by atoms with Gasteiger partial charge in [0, 0.05) is 29.0 Å². The van der Waals surface area contributed by atoms with Gasteiger partial charge in [-0.25, -0.2) is 0 Å². The number of benzene rings is 2. The number of carbonyl (C=O) groups is 1.